The second-order valence-electron chi connectivity index (χ2n) is 10.3. The van der Waals surface area contributed by atoms with Crippen LogP contribution < -0.4 is 25.0 Å². The topological polar surface area (TPSA) is 155 Å². The summed E-state index contributed by atoms with van der Waals surface area (Å²) >= 11 is 0. The molecule has 4 rings (SSSR count). The van der Waals surface area contributed by atoms with Gasteiger partial charge < -0.3 is 30.0 Å². The third kappa shape index (κ3) is 9.33. The summed E-state index contributed by atoms with van der Waals surface area (Å²) in [5.74, 6) is -3.84. The molecule has 46 heavy (non-hydrogen) atoms. The molecule has 0 radical (unpaired) electrons. The molecule has 3 aromatic carbocycles. The number of amidine groups is 1. The summed E-state index contributed by atoms with van der Waals surface area (Å²) in [5, 5.41) is 14.6. The highest BCUT2D eigenvalue weighted by Crippen LogP contribution is 2.39. The van der Waals surface area contributed by atoms with E-state index >= 15 is 0 Å². The van der Waals surface area contributed by atoms with Crippen molar-refractivity contribution < 1.29 is 51.3 Å². The van der Waals surface area contributed by atoms with Crippen LogP contribution in [0.15, 0.2) is 66.7 Å². The van der Waals surface area contributed by atoms with Crippen LogP contribution >= 0.6 is 0 Å². The lowest BCUT2D eigenvalue weighted by molar-refractivity contribution is -0.192. The van der Waals surface area contributed by atoms with Gasteiger partial charge in [0, 0.05) is 18.3 Å². The number of anilines is 2. The Labute approximate surface area is 261 Å². The Morgan fingerprint density at radius 1 is 1.11 bits per heavy atom. The van der Waals surface area contributed by atoms with Crippen LogP contribution in [0.25, 0.3) is 0 Å². The monoisotopic (exact) mass is 648 g/mol. The Bertz CT molecular complexity index is 1580. The van der Waals surface area contributed by atoms with E-state index in [0.717, 1.165) is 5.69 Å². The molecule has 0 bridgehead atoms. The van der Waals surface area contributed by atoms with Crippen LogP contribution in [0.2, 0.25) is 0 Å². The molecule has 1 aliphatic heterocycles. The number of nitrogens with two attached hydrogens (primary N) is 1. The van der Waals surface area contributed by atoms with Crippen LogP contribution in [0.1, 0.15) is 25.0 Å². The summed E-state index contributed by atoms with van der Waals surface area (Å²) in [4.78, 5) is 37.5. The van der Waals surface area contributed by atoms with Crippen molar-refractivity contribution in [1.82, 2.24) is 0 Å². The minimum Gasteiger partial charge on any atom is -0.489 e. The van der Waals surface area contributed by atoms with Gasteiger partial charge in [0.05, 0.1) is 25.4 Å². The van der Waals surface area contributed by atoms with Gasteiger partial charge in [-0.2, -0.15) is 13.2 Å². The van der Waals surface area contributed by atoms with E-state index in [1.165, 1.54) is 17.0 Å². The van der Waals surface area contributed by atoms with Gasteiger partial charge in [0.2, 0.25) is 0 Å². The fraction of sp³-hybridized carbons (Fsp3) is 0.290. The molecule has 0 saturated heterocycles. The first-order valence-corrected chi connectivity index (χ1v) is 13.7. The van der Waals surface area contributed by atoms with Gasteiger partial charge in [-0.15, -0.1) is 0 Å². The number of aliphatic carboxylic acids is 1. The Hall–Kier alpha value is -5.34. The van der Waals surface area contributed by atoms with Crippen LogP contribution in [0.5, 0.6) is 11.5 Å². The molecule has 1 aliphatic rings. The molecular formula is C31H32F4N4O7. The van der Waals surface area contributed by atoms with Crippen molar-refractivity contribution in [2.75, 3.05) is 36.6 Å². The lowest BCUT2D eigenvalue weighted by atomic mass is 10.0. The Morgan fingerprint density at radius 3 is 2.33 bits per heavy atom. The highest BCUT2D eigenvalue weighted by Gasteiger charge is 2.38. The van der Waals surface area contributed by atoms with E-state index in [9.17, 15) is 27.2 Å². The van der Waals surface area contributed by atoms with Crippen LogP contribution in [-0.2, 0) is 25.7 Å². The number of esters is 1. The number of nitrogens with zero attached hydrogens (tertiary/aromatic N) is 2. The van der Waals surface area contributed by atoms with E-state index in [0.29, 0.717) is 34.9 Å². The molecule has 0 aromatic heterocycles. The summed E-state index contributed by atoms with van der Waals surface area (Å²) in [6.45, 7) is 4.32. The van der Waals surface area contributed by atoms with E-state index in [4.69, 9.17) is 35.3 Å². The summed E-state index contributed by atoms with van der Waals surface area (Å²) in [6, 6.07) is 18.0. The number of nitrogen functional groups attached to an aromatic ring is 1. The van der Waals surface area contributed by atoms with Crippen molar-refractivity contribution in [3.8, 4) is 11.5 Å². The highest BCUT2D eigenvalue weighted by molar-refractivity contribution is 6.38. The summed E-state index contributed by atoms with van der Waals surface area (Å²) in [7, 11) is 1.90. The lowest BCUT2D eigenvalue weighted by Crippen LogP contribution is -2.51. The van der Waals surface area contributed by atoms with Crippen molar-refractivity contribution in [2.24, 2.45) is 5.73 Å². The number of hydrogen-bond acceptors (Lipinski definition) is 8. The molecular weight excluding hydrogens is 616 g/mol. The van der Waals surface area contributed by atoms with Crippen LogP contribution in [0.4, 0.5) is 28.9 Å². The van der Waals surface area contributed by atoms with Crippen molar-refractivity contribution in [1.29, 1.82) is 5.41 Å². The SMILES string of the molecule is CCOC(=O)C(=O)N(Cc1cccc(F)c1)c1ccc2c(c1)N(C)CC(C)(COc1ccc(C(=N)N)cc1)O2.O=C(O)C(F)(F)F. The zero-order valence-electron chi connectivity index (χ0n) is 25.1. The number of carboxylic acids is 1. The number of benzene rings is 3. The maximum atomic E-state index is 13.8. The van der Waals surface area contributed by atoms with E-state index in [-0.39, 0.29) is 25.6 Å². The molecule has 1 heterocycles. The first-order valence-electron chi connectivity index (χ1n) is 13.7. The van der Waals surface area contributed by atoms with E-state index in [2.05, 4.69) is 0 Å². The third-order valence-corrected chi connectivity index (χ3v) is 6.47. The largest absolute Gasteiger partial charge is 0.490 e. The van der Waals surface area contributed by atoms with Crippen molar-refractivity contribution >= 4 is 35.1 Å². The molecule has 1 unspecified atom stereocenters. The molecule has 1 amide bonds. The van der Waals surface area contributed by atoms with E-state index in [1.54, 1.807) is 61.5 Å². The number of carboxylic acid groups (broad SMARTS) is 1. The smallest absolute Gasteiger partial charge is 0.489 e. The van der Waals surface area contributed by atoms with Gasteiger partial charge in [0.25, 0.3) is 0 Å². The van der Waals surface area contributed by atoms with E-state index in [1.807, 2.05) is 18.9 Å². The average Bonchev–Trinajstić information content (AvgIpc) is 2.98. The fourth-order valence-electron chi connectivity index (χ4n) is 4.39. The van der Waals surface area contributed by atoms with Crippen molar-refractivity contribution in [2.45, 2.75) is 32.2 Å². The number of likely N-dealkylation sites (N-methyl/N-ethyl adjacent to an activating group) is 1. The minimum atomic E-state index is -5.08. The molecule has 0 aliphatic carbocycles. The number of halogens is 4. The second-order valence-corrected chi connectivity index (χ2v) is 10.3. The number of amides is 1. The highest BCUT2D eigenvalue weighted by atomic mass is 19.4. The van der Waals surface area contributed by atoms with Gasteiger partial charge >= 0.3 is 24.0 Å². The summed E-state index contributed by atoms with van der Waals surface area (Å²) in [5.41, 5.74) is 7.12. The molecule has 4 N–H and O–H groups in total. The number of ether oxygens (including phenoxy) is 3. The number of hydrogen-bond donors (Lipinski definition) is 3. The van der Waals surface area contributed by atoms with Gasteiger partial charge in [-0.1, -0.05) is 12.1 Å². The molecule has 0 fully saturated rings. The van der Waals surface area contributed by atoms with Gasteiger partial charge in [-0.3, -0.25) is 15.1 Å². The maximum Gasteiger partial charge on any atom is 0.490 e. The number of carbonyl (C=O) groups excluding carboxylic acids is 2. The Balaban J connectivity index is 0.000000738. The van der Waals surface area contributed by atoms with Crippen LogP contribution in [0, 0.1) is 11.2 Å². The number of rotatable bonds is 8. The Morgan fingerprint density at radius 2 is 1.76 bits per heavy atom. The van der Waals surface area contributed by atoms with Gasteiger partial charge in [0.15, 0.2) is 5.60 Å². The quantitative estimate of drug-likeness (QED) is 0.105. The Kier molecular flexibility index (Phi) is 11.2. The maximum absolute atomic E-state index is 13.8. The molecule has 11 nitrogen and oxygen atoms in total. The number of fused-ring (bicyclic) bond motifs is 1. The predicted molar refractivity (Wildman–Crippen MR) is 160 cm³/mol. The first kappa shape index (κ1) is 35.1. The van der Waals surface area contributed by atoms with Gasteiger partial charge in [-0.25, -0.2) is 14.0 Å². The lowest BCUT2D eigenvalue weighted by Gasteiger charge is -2.41. The number of carbonyl (C=O) groups is 3. The number of alkyl halides is 3. The predicted octanol–water partition coefficient (Wildman–Crippen LogP) is 4.51. The summed E-state index contributed by atoms with van der Waals surface area (Å²) < 4.78 is 62.8. The number of nitrogens with one attached hydrogen (secondary N) is 1. The minimum absolute atomic E-state index is 0.0137. The van der Waals surface area contributed by atoms with Crippen LogP contribution in [-0.4, -0.2) is 67.4 Å². The van der Waals surface area contributed by atoms with Gasteiger partial charge in [0.1, 0.15) is 29.8 Å². The molecule has 3 aromatic rings. The normalized spacial score (nSPS) is 15.3. The summed E-state index contributed by atoms with van der Waals surface area (Å²) in [6.07, 6.45) is -5.08. The van der Waals surface area contributed by atoms with Crippen LogP contribution in [0.3, 0.4) is 0 Å². The van der Waals surface area contributed by atoms with Crippen molar-refractivity contribution in [3.63, 3.8) is 0 Å². The zero-order chi connectivity index (χ0) is 34.2. The average molecular weight is 649 g/mol. The fourth-order valence-corrected chi connectivity index (χ4v) is 4.39. The molecule has 0 spiro atoms. The molecule has 246 valence electrons. The van der Waals surface area contributed by atoms with Crippen molar-refractivity contribution in [3.05, 3.63) is 83.7 Å². The first-order chi connectivity index (χ1) is 21.5. The van der Waals surface area contributed by atoms with E-state index < -0.39 is 35.4 Å². The molecule has 15 heteroatoms. The third-order valence-electron chi connectivity index (χ3n) is 6.47. The van der Waals surface area contributed by atoms with Gasteiger partial charge in [-0.05, 0) is 74.0 Å². The second kappa shape index (κ2) is 14.6. The standard InChI is InChI=1S/C29H31FN4O5.C2HF3O2/c1-4-37-28(36)27(35)34(16-19-6-5-7-21(30)14-19)22-10-13-25-24(15-22)33(3)17-29(2,39-25)18-38-23-11-8-20(9-12-23)26(31)32;3-2(4,5)1(6)7/h5-15H,4,16-18H2,1-3H3,(H3,31,32);(H,6,7). The molecule has 0 saturated carbocycles. The molecule has 1 atom stereocenters. The zero-order valence-corrected chi connectivity index (χ0v) is 25.1.